The van der Waals surface area contributed by atoms with Gasteiger partial charge >= 0.3 is 0 Å². The second-order valence-corrected chi connectivity index (χ2v) is 5.66. The molecule has 0 bridgehead atoms. The van der Waals surface area contributed by atoms with Crippen molar-refractivity contribution in [2.75, 3.05) is 60.5 Å². The first-order valence-electron chi connectivity index (χ1n) is 7.34. The zero-order chi connectivity index (χ0) is 13.2. The highest BCUT2D eigenvalue weighted by atomic mass is 16.5. The third-order valence-electron chi connectivity index (χ3n) is 3.42. The van der Waals surface area contributed by atoms with Crippen LogP contribution < -0.4 is 5.32 Å². The van der Waals surface area contributed by atoms with Crippen molar-refractivity contribution in [2.45, 2.75) is 31.8 Å². The average molecular weight is 257 g/mol. The fourth-order valence-electron chi connectivity index (χ4n) is 2.31. The number of nitrogens with one attached hydrogen (secondary N) is 1. The Morgan fingerprint density at radius 3 is 2.61 bits per heavy atom. The van der Waals surface area contributed by atoms with Crippen LogP contribution in [0.5, 0.6) is 0 Å². The van der Waals surface area contributed by atoms with Gasteiger partial charge in [-0.15, -0.1) is 0 Å². The van der Waals surface area contributed by atoms with Crippen molar-refractivity contribution in [3.05, 3.63) is 0 Å². The highest BCUT2D eigenvalue weighted by molar-refractivity contribution is 4.68. The van der Waals surface area contributed by atoms with E-state index < -0.39 is 0 Å². The third kappa shape index (κ3) is 8.03. The summed E-state index contributed by atoms with van der Waals surface area (Å²) in [6.07, 6.45) is 5.51. The largest absolute Gasteiger partial charge is 0.377 e. The van der Waals surface area contributed by atoms with E-state index in [1.54, 1.807) is 0 Å². The Kier molecular flexibility index (Phi) is 8.59. The number of nitrogens with zero attached hydrogens (tertiary/aromatic N) is 2. The standard InChI is InChI=1S/C14H31N3O/c1-16(2)10-6-8-15-9-11-17(3)13-14-7-4-5-12-18-14/h14-15H,4-13H2,1-3H3. The molecular weight excluding hydrogens is 226 g/mol. The van der Waals surface area contributed by atoms with E-state index in [2.05, 4.69) is 36.3 Å². The maximum absolute atomic E-state index is 5.75. The normalized spacial score (nSPS) is 20.8. The van der Waals surface area contributed by atoms with Crippen molar-refractivity contribution in [3.63, 3.8) is 0 Å². The summed E-state index contributed by atoms with van der Waals surface area (Å²) in [5, 5.41) is 3.50. The van der Waals surface area contributed by atoms with Crippen LogP contribution in [0.2, 0.25) is 0 Å². The monoisotopic (exact) mass is 257 g/mol. The van der Waals surface area contributed by atoms with Crippen LogP contribution in [0.1, 0.15) is 25.7 Å². The topological polar surface area (TPSA) is 27.7 Å². The van der Waals surface area contributed by atoms with Crippen LogP contribution >= 0.6 is 0 Å². The fourth-order valence-corrected chi connectivity index (χ4v) is 2.31. The molecule has 1 atom stereocenters. The molecule has 1 aliphatic rings. The minimum Gasteiger partial charge on any atom is -0.377 e. The Hall–Kier alpha value is -0.160. The predicted octanol–water partition coefficient (Wildman–Crippen LogP) is 1.03. The summed E-state index contributed by atoms with van der Waals surface area (Å²) in [5.74, 6) is 0. The molecule has 0 saturated carbocycles. The maximum Gasteiger partial charge on any atom is 0.0701 e. The van der Waals surface area contributed by atoms with Crippen LogP contribution in [0.15, 0.2) is 0 Å². The molecule has 108 valence electrons. The Morgan fingerprint density at radius 2 is 1.94 bits per heavy atom. The van der Waals surface area contributed by atoms with Crippen LogP contribution in [0.3, 0.4) is 0 Å². The molecule has 18 heavy (non-hydrogen) atoms. The Balaban J connectivity index is 1.91. The van der Waals surface area contributed by atoms with Crippen molar-refractivity contribution in [1.29, 1.82) is 0 Å². The van der Waals surface area contributed by atoms with Crippen molar-refractivity contribution in [3.8, 4) is 0 Å². The number of hydrogen-bond acceptors (Lipinski definition) is 4. The van der Waals surface area contributed by atoms with Crippen molar-refractivity contribution < 1.29 is 4.74 Å². The van der Waals surface area contributed by atoms with Gasteiger partial charge in [-0.25, -0.2) is 0 Å². The Bertz CT molecular complexity index is 193. The fraction of sp³-hybridized carbons (Fsp3) is 1.00. The molecule has 1 N–H and O–H groups in total. The molecule has 1 aliphatic heterocycles. The van der Waals surface area contributed by atoms with E-state index in [4.69, 9.17) is 4.74 Å². The summed E-state index contributed by atoms with van der Waals surface area (Å²) in [5.41, 5.74) is 0. The van der Waals surface area contributed by atoms with Gasteiger partial charge in [0.25, 0.3) is 0 Å². The van der Waals surface area contributed by atoms with Crippen LogP contribution in [0.25, 0.3) is 0 Å². The molecule has 4 nitrogen and oxygen atoms in total. The molecule has 0 amide bonds. The van der Waals surface area contributed by atoms with E-state index in [-0.39, 0.29) is 0 Å². The Morgan fingerprint density at radius 1 is 1.11 bits per heavy atom. The van der Waals surface area contributed by atoms with E-state index in [1.807, 2.05) is 0 Å². The maximum atomic E-state index is 5.75. The number of hydrogen-bond donors (Lipinski definition) is 1. The van der Waals surface area contributed by atoms with Crippen LogP contribution in [0.4, 0.5) is 0 Å². The quantitative estimate of drug-likeness (QED) is 0.624. The molecule has 0 spiro atoms. The minimum atomic E-state index is 0.470. The molecule has 0 aromatic carbocycles. The lowest BCUT2D eigenvalue weighted by Gasteiger charge is -2.27. The molecule has 0 aromatic heterocycles. The first-order valence-corrected chi connectivity index (χ1v) is 7.34. The van der Waals surface area contributed by atoms with Gasteiger partial charge in [-0.3, -0.25) is 0 Å². The second-order valence-electron chi connectivity index (χ2n) is 5.66. The first kappa shape index (κ1) is 15.9. The summed E-state index contributed by atoms with van der Waals surface area (Å²) in [4.78, 5) is 4.61. The Labute approximate surface area is 113 Å². The molecular formula is C14H31N3O. The molecule has 0 aromatic rings. The van der Waals surface area contributed by atoms with E-state index >= 15 is 0 Å². The van der Waals surface area contributed by atoms with Crippen LogP contribution in [-0.2, 0) is 4.74 Å². The molecule has 1 fully saturated rings. The van der Waals surface area contributed by atoms with Gasteiger partial charge < -0.3 is 19.9 Å². The van der Waals surface area contributed by atoms with Gasteiger partial charge in [0, 0.05) is 26.2 Å². The van der Waals surface area contributed by atoms with Gasteiger partial charge in [0.2, 0.25) is 0 Å². The van der Waals surface area contributed by atoms with Crippen LogP contribution in [0, 0.1) is 0 Å². The molecule has 1 heterocycles. The highest BCUT2D eigenvalue weighted by Crippen LogP contribution is 2.12. The van der Waals surface area contributed by atoms with Gasteiger partial charge in [0.05, 0.1) is 6.10 Å². The molecule has 1 rings (SSSR count). The number of likely N-dealkylation sites (N-methyl/N-ethyl adjacent to an activating group) is 1. The number of rotatable bonds is 9. The summed E-state index contributed by atoms with van der Waals surface area (Å²) in [6, 6.07) is 0. The van der Waals surface area contributed by atoms with Gasteiger partial charge in [-0.05, 0) is 59.9 Å². The summed E-state index contributed by atoms with van der Waals surface area (Å²) in [7, 11) is 6.44. The SMILES string of the molecule is CN(C)CCCNCCN(C)CC1CCCCO1. The van der Waals surface area contributed by atoms with Gasteiger partial charge in [-0.2, -0.15) is 0 Å². The molecule has 0 radical (unpaired) electrons. The summed E-state index contributed by atoms with van der Waals surface area (Å²) >= 11 is 0. The lowest BCUT2D eigenvalue weighted by atomic mass is 10.1. The van der Waals surface area contributed by atoms with Crippen molar-refractivity contribution in [2.24, 2.45) is 0 Å². The number of ether oxygens (including phenoxy) is 1. The molecule has 1 unspecified atom stereocenters. The lowest BCUT2D eigenvalue weighted by Crippen LogP contribution is -2.37. The molecule has 4 heteroatoms. The lowest BCUT2D eigenvalue weighted by molar-refractivity contribution is -0.00122. The minimum absolute atomic E-state index is 0.470. The van der Waals surface area contributed by atoms with Crippen molar-refractivity contribution >= 4 is 0 Å². The highest BCUT2D eigenvalue weighted by Gasteiger charge is 2.15. The smallest absolute Gasteiger partial charge is 0.0701 e. The third-order valence-corrected chi connectivity index (χ3v) is 3.42. The molecule has 1 saturated heterocycles. The zero-order valence-corrected chi connectivity index (χ0v) is 12.5. The van der Waals surface area contributed by atoms with E-state index in [1.165, 1.54) is 32.2 Å². The predicted molar refractivity (Wildman–Crippen MR) is 77.1 cm³/mol. The van der Waals surface area contributed by atoms with E-state index in [9.17, 15) is 0 Å². The van der Waals surface area contributed by atoms with E-state index in [0.717, 1.165) is 32.8 Å². The van der Waals surface area contributed by atoms with Crippen LogP contribution in [-0.4, -0.2) is 76.4 Å². The average Bonchev–Trinajstić information content (AvgIpc) is 2.34. The molecule has 0 aliphatic carbocycles. The second kappa shape index (κ2) is 9.73. The summed E-state index contributed by atoms with van der Waals surface area (Å²) in [6.45, 7) is 6.52. The van der Waals surface area contributed by atoms with Gasteiger partial charge in [0.15, 0.2) is 0 Å². The van der Waals surface area contributed by atoms with Gasteiger partial charge in [0.1, 0.15) is 0 Å². The first-order chi connectivity index (χ1) is 8.68. The van der Waals surface area contributed by atoms with Gasteiger partial charge in [-0.1, -0.05) is 0 Å². The summed E-state index contributed by atoms with van der Waals surface area (Å²) < 4.78 is 5.75. The van der Waals surface area contributed by atoms with Crippen molar-refractivity contribution in [1.82, 2.24) is 15.1 Å². The van der Waals surface area contributed by atoms with E-state index in [0.29, 0.717) is 6.10 Å². The zero-order valence-electron chi connectivity index (χ0n) is 12.5.